The van der Waals surface area contributed by atoms with Crippen molar-refractivity contribution in [2.24, 2.45) is 0 Å². The number of rotatable bonds is 6. The minimum Gasteiger partial charge on any atom is -0.467 e. The van der Waals surface area contributed by atoms with Gasteiger partial charge in [0.25, 0.3) is 5.91 Å². The van der Waals surface area contributed by atoms with Crippen LogP contribution in [-0.2, 0) is 19.1 Å². The second-order valence-electron chi connectivity index (χ2n) is 4.45. The molecule has 24 heavy (non-hydrogen) atoms. The standard InChI is InChI=1S/C15H14F3NO5/c1-23-12(20)5-3-4-11(15(22)24-2)19-14(21)13-9(17)6-8(16)7-10(13)18/h3,5-7,11H,4H2,1-2H3,(H,19,21)/b5-3+/t11-/m1/s1. The van der Waals surface area contributed by atoms with Crippen LogP contribution < -0.4 is 5.32 Å². The van der Waals surface area contributed by atoms with Gasteiger partial charge in [-0.2, -0.15) is 0 Å². The monoisotopic (exact) mass is 345 g/mol. The van der Waals surface area contributed by atoms with Crippen LogP contribution in [0, 0.1) is 17.5 Å². The number of ether oxygens (including phenoxy) is 2. The minimum atomic E-state index is -1.42. The largest absolute Gasteiger partial charge is 0.467 e. The molecule has 9 heteroatoms. The maximum Gasteiger partial charge on any atom is 0.330 e. The Hall–Kier alpha value is -2.84. The van der Waals surface area contributed by atoms with Gasteiger partial charge in [-0.05, 0) is 6.42 Å². The maximum atomic E-state index is 13.6. The lowest BCUT2D eigenvalue weighted by molar-refractivity contribution is -0.143. The molecule has 0 bridgehead atoms. The molecule has 0 spiro atoms. The molecule has 0 saturated carbocycles. The highest BCUT2D eigenvalue weighted by Crippen LogP contribution is 2.15. The van der Waals surface area contributed by atoms with Gasteiger partial charge >= 0.3 is 11.9 Å². The molecule has 0 heterocycles. The summed E-state index contributed by atoms with van der Waals surface area (Å²) in [5.41, 5.74) is -1.04. The average Bonchev–Trinajstić information content (AvgIpc) is 2.51. The van der Waals surface area contributed by atoms with E-state index in [4.69, 9.17) is 0 Å². The quantitative estimate of drug-likeness (QED) is 0.624. The van der Waals surface area contributed by atoms with Gasteiger partial charge in [0.15, 0.2) is 0 Å². The van der Waals surface area contributed by atoms with E-state index in [-0.39, 0.29) is 6.42 Å². The number of benzene rings is 1. The van der Waals surface area contributed by atoms with Crippen molar-refractivity contribution < 1.29 is 37.0 Å². The molecule has 1 aromatic carbocycles. The number of amides is 1. The van der Waals surface area contributed by atoms with E-state index in [9.17, 15) is 27.6 Å². The Morgan fingerprint density at radius 1 is 1.12 bits per heavy atom. The van der Waals surface area contributed by atoms with Crippen LogP contribution in [0.1, 0.15) is 16.8 Å². The van der Waals surface area contributed by atoms with E-state index < -0.39 is 46.9 Å². The van der Waals surface area contributed by atoms with Gasteiger partial charge in [-0.1, -0.05) is 6.08 Å². The second-order valence-corrected chi connectivity index (χ2v) is 4.45. The zero-order valence-corrected chi connectivity index (χ0v) is 12.8. The smallest absolute Gasteiger partial charge is 0.330 e. The number of methoxy groups -OCH3 is 2. The molecule has 6 nitrogen and oxygen atoms in total. The third kappa shape index (κ3) is 5.11. The van der Waals surface area contributed by atoms with E-state index in [0.29, 0.717) is 12.1 Å². The first kappa shape index (κ1) is 19.2. The Bertz CT molecular complexity index is 652. The fourth-order valence-electron chi connectivity index (χ4n) is 1.71. The minimum absolute atomic E-state index is 0.196. The average molecular weight is 345 g/mol. The highest BCUT2D eigenvalue weighted by Gasteiger charge is 2.25. The van der Waals surface area contributed by atoms with E-state index in [1.165, 1.54) is 6.08 Å². The van der Waals surface area contributed by atoms with Gasteiger partial charge in [0.05, 0.1) is 14.2 Å². The summed E-state index contributed by atoms with van der Waals surface area (Å²) in [4.78, 5) is 34.5. The summed E-state index contributed by atoms with van der Waals surface area (Å²) in [5, 5.41) is 2.06. The predicted molar refractivity (Wildman–Crippen MR) is 75.4 cm³/mol. The first-order valence-electron chi connectivity index (χ1n) is 6.57. The number of halogens is 3. The van der Waals surface area contributed by atoms with E-state index in [1.807, 2.05) is 0 Å². The molecule has 0 unspecified atom stereocenters. The fraction of sp³-hybridized carbons (Fsp3) is 0.267. The van der Waals surface area contributed by atoms with Gasteiger partial charge in [0, 0.05) is 18.2 Å². The van der Waals surface area contributed by atoms with Crippen molar-refractivity contribution >= 4 is 17.8 Å². The van der Waals surface area contributed by atoms with E-state index in [1.54, 1.807) is 0 Å². The Morgan fingerprint density at radius 3 is 2.21 bits per heavy atom. The molecule has 1 rings (SSSR count). The molecule has 0 aliphatic carbocycles. The highest BCUT2D eigenvalue weighted by atomic mass is 19.1. The van der Waals surface area contributed by atoms with Crippen LogP contribution >= 0.6 is 0 Å². The maximum absolute atomic E-state index is 13.6. The summed E-state index contributed by atoms with van der Waals surface area (Å²) >= 11 is 0. The van der Waals surface area contributed by atoms with Crippen LogP contribution in [0.3, 0.4) is 0 Å². The first-order valence-corrected chi connectivity index (χ1v) is 6.57. The Morgan fingerprint density at radius 2 is 1.71 bits per heavy atom. The van der Waals surface area contributed by atoms with Gasteiger partial charge in [-0.15, -0.1) is 0 Å². The molecule has 1 amide bonds. The molecule has 0 aliphatic heterocycles. The summed E-state index contributed by atoms with van der Waals surface area (Å²) in [6, 6.07) is -0.641. The summed E-state index contributed by atoms with van der Waals surface area (Å²) < 4.78 is 48.8. The third-order valence-corrected chi connectivity index (χ3v) is 2.85. The number of hydrogen-bond donors (Lipinski definition) is 1. The van der Waals surface area contributed by atoms with E-state index >= 15 is 0 Å². The molecule has 1 N–H and O–H groups in total. The molecule has 0 aliphatic rings. The second kappa shape index (κ2) is 8.70. The lowest BCUT2D eigenvalue weighted by atomic mass is 10.1. The van der Waals surface area contributed by atoms with Crippen molar-refractivity contribution in [1.82, 2.24) is 5.32 Å². The zero-order valence-electron chi connectivity index (χ0n) is 12.8. The molecule has 0 fully saturated rings. The summed E-state index contributed by atoms with van der Waals surface area (Å²) in [6.45, 7) is 0. The molecule has 130 valence electrons. The summed E-state index contributed by atoms with van der Waals surface area (Å²) in [5.74, 6) is -6.89. The van der Waals surface area contributed by atoms with Crippen molar-refractivity contribution in [3.8, 4) is 0 Å². The molecule has 0 saturated heterocycles. The topological polar surface area (TPSA) is 81.7 Å². The van der Waals surface area contributed by atoms with E-state index in [0.717, 1.165) is 20.3 Å². The number of esters is 2. The third-order valence-electron chi connectivity index (χ3n) is 2.85. The van der Waals surface area contributed by atoms with Crippen molar-refractivity contribution in [2.45, 2.75) is 12.5 Å². The van der Waals surface area contributed by atoms with Gasteiger partial charge in [-0.3, -0.25) is 4.79 Å². The van der Waals surface area contributed by atoms with Gasteiger partial charge in [0.2, 0.25) is 0 Å². The van der Waals surface area contributed by atoms with Crippen molar-refractivity contribution in [1.29, 1.82) is 0 Å². The molecule has 0 aromatic heterocycles. The lowest BCUT2D eigenvalue weighted by Gasteiger charge is -2.15. The predicted octanol–water partition coefficient (Wildman–Crippen LogP) is 1.49. The number of nitrogens with one attached hydrogen (secondary N) is 1. The van der Waals surface area contributed by atoms with Gasteiger partial charge in [-0.25, -0.2) is 22.8 Å². The van der Waals surface area contributed by atoms with Crippen molar-refractivity contribution in [2.75, 3.05) is 14.2 Å². The van der Waals surface area contributed by atoms with Crippen LogP contribution in [0.4, 0.5) is 13.2 Å². The Balaban J connectivity index is 2.94. The van der Waals surface area contributed by atoms with Gasteiger partial charge < -0.3 is 14.8 Å². The molecular formula is C15H14F3NO5. The van der Waals surface area contributed by atoms with Crippen LogP contribution in [0.15, 0.2) is 24.3 Å². The van der Waals surface area contributed by atoms with Crippen LogP contribution in [-0.4, -0.2) is 38.1 Å². The number of hydrogen-bond acceptors (Lipinski definition) is 5. The normalized spacial score (nSPS) is 11.9. The first-order chi connectivity index (χ1) is 11.3. The Kier molecular flexibility index (Phi) is 6.97. The van der Waals surface area contributed by atoms with Crippen molar-refractivity contribution in [3.63, 3.8) is 0 Å². The van der Waals surface area contributed by atoms with Gasteiger partial charge in [0.1, 0.15) is 29.1 Å². The van der Waals surface area contributed by atoms with Crippen LogP contribution in [0.25, 0.3) is 0 Å². The van der Waals surface area contributed by atoms with Crippen LogP contribution in [0.2, 0.25) is 0 Å². The molecule has 1 aromatic rings. The fourth-order valence-corrected chi connectivity index (χ4v) is 1.71. The summed E-state index contributed by atoms with van der Waals surface area (Å²) in [6.07, 6.45) is 2.02. The van der Waals surface area contributed by atoms with Crippen molar-refractivity contribution in [3.05, 3.63) is 47.3 Å². The molecule has 0 radical (unpaired) electrons. The number of carbonyl (C=O) groups excluding carboxylic acids is 3. The SMILES string of the molecule is COC(=O)/C=C/C[C@@H](NC(=O)c1c(F)cc(F)cc1F)C(=O)OC. The van der Waals surface area contributed by atoms with Crippen LogP contribution in [0.5, 0.6) is 0 Å². The highest BCUT2D eigenvalue weighted by molar-refractivity contribution is 5.97. The molecule has 1 atom stereocenters. The molecular weight excluding hydrogens is 331 g/mol. The Labute approximate surface area is 135 Å². The number of carbonyl (C=O) groups is 3. The lowest BCUT2D eigenvalue weighted by Crippen LogP contribution is -2.41. The van der Waals surface area contributed by atoms with E-state index in [2.05, 4.69) is 14.8 Å². The summed E-state index contributed by atoms with van der Waals surface area (Å²) in [7, 11) is 2.19. The zero-order chi connectivity index (χ0) is 18.3.